The minimum Gasteiger partial charge on any atom is -0.381 e. The molecular weight excluding hydrogens is 300 g/mol. The number of carbonyl (C=O) groups excluding carboxylic acids is 1. The van der Waals surface area contributed by atoms with Gasteiger partial charge in [0.25, 0.3) is 0 Å². The van der Waals surface area contributed by atoms with Crippen LogP contribution in [-0.2, 0) is 9.53 Å². The summed E-state index contributed by atoms with van der Waals surface area (Å²) in [5.74, 6) is 0.403. The first kappa shape index (κ1) is 14.4. The Morgan fingerprint density at radius 2 is 2.32 bits per heavy atom. The van der Waals surface area contributed by atoms with E-state index in [-0.39, 0.29) is 11.3 Å². The van der Waals surface area contributed by atoms with Gasteiger partial charge in [-0.3, -0.25) is 4.79 Å². The quantitative estimate of drug-likeness (QED) is 0.823. The normalized spacial score (nSPS) is 32.1. The van der Waals surface area contributed by atoms with Gasteiger partial charge in [-0.1, -0.05) is 11.3 Å². The number of carbonyl (C=O) groups is 1. The average Bonchev–Trinajstić information content (AvgIpc) is 3.29. The molecule has 22 heavy (non-hydrogen) atoms. The summed E-state index contributed by atoms with van der Waals surface area (Å²) >= 11 is 1.61. The van der Waals surface area contributed by atoms with Gasteiger partial charge in [-0.15, -0.1) is 10.2 Å². The van der Waals surface area contributed by atoms with Crippen LogP contribution in [0.15, 0.2) is 5.51 Å². The second-order valence-corrected chi connectivity index (χ2v) is 7.63. The van der Waals surface area contributed by atoms with E-state index in [0.29, 0.717) is 12.5 Å². The molecule has 0 bridgehead atoms. The SMILES string of the molecule is O=C([C@H]1CCOC1)N1CC[C@]2(CCCN(c3nncs3)C2)C1. The molecule has 1 amide bonds. The van der Waals surface area contributed by atoms with Crippen molar-refractivity contribution in [2.24, 2.45) is 11.3 Å². The van der Waals surface area contributed by atoms with Crippen LogP contribution in [0.3, 0.4) is 0 Å². The van der Waals surface area contributed by atoms with Crippen LogP contribution in [0, 0.1) is 11.3 Å². The summed E-state index contributed by atoms with van der Waals surface area (Å²) in [5, 5.41) is 9.19. The van der Waals surface area contributed by atoms with Gasteiger partial charge >= 0.3 is 0 Å². The standard InChI is InChI=1S/C15H22N4O2S/c20-13(12-2-7-21-8-12)18-6-4-15(9-18)3-1-5-19(10-15)14-17-16-11-22-14/h11-12H,1-10H2/t12-,15+/m0/s1. The van der Waals surface area contributed by atoms with E-state index in [1.165, 1.54) is 12.8 Å². The lowest BCUT2D eigenvalue weighted by Gasteiger charge is -2.40. The van der Waals surface area contributed by atoms with Gasteiger partial charge in [0.1, 0.15) is 5.51 Å². The van der Waals surface area contributed by atoms with Crippen LogP contribution in [0.25, 0.3) is 0 Å². The second-order valence-electron chi connectivity index (χ2n) is 6.82. The summed E-state index contributed by atoms with van der Waals surface area (Å²) in [6.45, 7) is 5.21. The molecule has 120 valence electrons. The predicted molar refractivity (Wildman–Crippen MR) is 83.9 cm³/mol. The molecule has 0 aliphatic carbocycles. The van der Waals surface area contributed by atoms with Crippen molar-refractivity contribution in [1.29, 1.82) is 0 Å². The fourth-order valence-electron chi connectivity index (χ4n) is 4.12. The molecule has 3 saturated heterocycles. The van der Waals surface area contributed by atoms with Gasteiger partial charge in [0.2, 0.25) is 11.0 Å². The van der Waals surface area contributed by atoms with Crippen LogP contribution >= 0.6 is 11.3 Å². The Labute approximate surface area is 134 Å². The van der Waals surface area contributed by atoms with Crippen molar-refractivity contribution in [3.8, 4) is 0 Å². The van der Waals surface area contributed by atoms with Gasteiger partial charge in [-0.2, -0.15) is 0 Å². The largest absolute Gasteiger partial charge is 0.381 e. The third-order valence-electron chi connectivity index (χ3n) is 5.31. The number of nitrogens with zero attached hydrogens (tertiary/aromatic N) is 4. The Kier molecular flexibility index (Phi) is 3.78. The maximum atomic E-state index is 12.6. The molecule has 4 heterocycles. The molecule has 0 aromatic carbocycles. The maximum absolute atomic E-state index is 12.6. The van der Waals surface area contributed by atoms with E-state index in [1.807, 2.05) is 0 Å². The third kappa shape index (κ3) is 2.60. The number of likely N-dealkylation sites (tertiary alicyclic amines) is 1. The molecule has 0 radical (unpaired) electrons. The average molecular weight is 322 g/mol. The number of piperidine rings is 1. The second kappa shape index (κ2) is 5.77. The van der Waals surface area contributed by atoms with E-state index in [4.69, 9.17) is 4.74 Å². The minimum atomic E-state index is 0.0954. The first-order chi connectivity index (χ1) is 10.8. The van der Waals surface area contributed by atoms with Crippen molar-refractivity contribution in [2.75, 3.05) is 44.3 Å². The number of aromatic nitrogens is 2. The summed E-state index contributed by atoms with van der Waals surface area (Å²) in [6.07, 6.45) is 4.39. The fraction of sp³-hybridized carbons (Fsp3) is 0.800. The molecule has 3 aliphatic rings. The number of amides is 1. The van der Waals surface area contributed by atoms with Gasteiger partial charge in [-0.25, -0.2) is 0 Å². The van der Waals surface area contributed by atoms with E-state index >= 15 is 0 Å². The zero-order valence-corrected chi connectivity index (χ0v) is 13.6. The Balaban J connectivity index is 1.43. The smallest absolute Gasteiger partial charge is 0.228 e. The first-order valence-corrected chi connectivity index (χ1v) is 9.01. The highest BCUT2D eigenvalue weighted by Crippen LogP contribution is 2.41. The summed E-state index contributed by atoms with van der Waals surface area (Å²) < 4.78 is 5.37. The molecule has 2 atom stereocenters. The Morgan fingerprint density at radius 1 is 1.36 bits per heavy atom. The highest BCUT2D eigenvalue weighted by Gasteiger charge is 2.44. The van der Waals surface area contributed by atoms with Crippen LogP contribution in [0.2, 0.25) is 0 Å². The number of ether oxygens (including phenoxy) is 1. The van der Waals surface area contributed by atoms with Crippen LogP contribution in [-0.4, -0.2) is 60.4 Å². The summed E-state index contributed by atoms with van der Waals surface area (Å²) in [7, 11) is 0. The minimum absolute atomic E-state index is 0.0954. The van der Waals surface area contributed by atoms with Gasteiger partial charge < -0.3 is 14.5 Å². The predicted octanol–water partition coefficient (Wildman–Crippen LogP) is 1.39. The zero-order valence-electron chi connectivity index (χ0n) is 12.7. The van der Waals surface area contributed by atoms with Crippen molar-refractivity contribution in [2.45, 2.75) is 25.7 Å². The van der Waals surface area contributed by atoms with Gasteiger partial charge in [0.05, 0.1) is 12.5 Å². The highest BCUT2D eigenvalue weighted by molar-refractivity contribution is 7.13. The first-order valence-electron chi connectivity index (χ1n) is 8.13. The van der Waals surface area contributed by atoms with E-state index in [9.17, 15) is 4.79 Å². The number of anilines is 1. The molecular formula is C15H22N4O2S. The van der Waals surface area contributed by atoms with E-state index in [1.54, 1.807) is 16.8 Å². The summed E-state index contributed by atoms with van der Waals surface area (Å²) in [4.78, 5) is 17.0. The molecule has 0 N–H and O–H groups in total. The van der Waals surface area contributed by atoms with Gasteiger partial charge in [0.15, 0.2) is 0 Å². The van der Waals surface area contributed by atoms with Gasteiger partial charge in [-0.05, 0) is 25.7 Å². The highest BCUT2D eigenvalue weighted by atomic mass is 32.1. The van der Waals surface area contributed by atoms with E-state index < -0.39 is 0 Å². The van der Waals surface area contributed by atoms with Crippen LogP contribution in [0.5, 0.6) is 0 Å². The molecule has 1 spiro atoms. The third-order valence-corrected chi connectivity index (χ3v) is 6.06. The maximum Gasteiger partial charge on any atom is 0.228 e. The lowest BCUT2D eigenvalue weighted by Crippen LogP contribution is -2.46. The lowest BCUT2D eigenvalue weighted by molar-refractivity contribution is -0.134. The molecule has 0 unspecified atom stereocenters. The summed E-state index contributed by atoms with van der Waals surface area (Å²) in [5.41, 5.74) is 2.04. The van der Waals surface area contributed by atoms with Crippen molar-refractivity contribution < 1.29 is 9.53 Å². The van der Waals surface area contributed by atoms with E-state index in [0.717, 1.165) is 50.8 Å². The van der Waals surface area contributed by atoms with Crippen molar-refractivity contribution in [3.05, 3.63) is 5.51 Å². The fourth-order valence-corrected chi connectivity index (χ4v) is 4.71. The topological polar surface area (TPSA) is 58.6 Å². The molecule has 3 fully saturated rings. The number of hydrogen-bond acceptors (Lipinski definition) is 6. The zero-order chi connectivity index (χ0) is 15.0. The molecule has 4 rings (SSSR count). The number of rotatable bonds is 2. The molecule has 7 heteroatoms. The molecule has 0 saturated carbocycles. The molecule has 3 aliphatic heterocycles. The summed E-state index contributed by atoms with van der Waals surface area (Å²) in [6, 6.07) is 0. The van der Waals surface area contributed by atoms with Crippen molar-refractivity contribution in [1.82, 2.24) is 15.1 Å². The monoisotopic (exact) mass is 322 g/mol. The van der Waals surface area contributed by atoms with Crippen LogP contribution in [0.1, 0.15) is 25.7 Å². The van der Waals surface area contributed by atoms with Crippen molar-refractivity contribution >= 4 is 22.4 Å². The van der Waals surface area contributed by atoms with Crippen molar-refractivity contribution in [3.63, 3.8) is 0 Å². The Bertz CT molecular complexity index is 532. The Morgan fingerprint density at radius 3 is 3.09 bits per heavy atom. The Hall–Kier alpha value is -1.21. The van der Waals surface area contributed by atoms with Gasteiger partial charge in [0, 0.05) is 38.2 Å². The van der Waals surface area contributed by atoms with Crippen LogP contribution < -0.4 is 4.90 Å². The molecule has 6 nitrogen and oxygen atoms in total. The molecule has 1 aromatic rings. The van der Waals surface area contributed by atoms with Crippen LogP contribution in [0.4, 0.5) is 5.13 Å². The van der Waals surface area contributed by atoms with E-state index in [2.05, 4.69) is 20.0 Å². The number of hydrogen-bond donors (Lipinski definition) is 0. The lowest BCUT2D eigenvalue weighted by atomic mass is 9.79. The molecule has 1 aromatic heterocycles.